The maximum atomic E-state index is 11.2. The van der Waals surface area contributed by atoms with Crippen LogP contribution in [0.2, 0.25) is 0 Å². The monoisotopic (exact) mass is 224 g/mol. The molecule has 0 N–H and O–H groups in total. The van der Waals surface area contributed by atoms with Crippen molar-refractivity contribution in [2.45, 2.75) is 0 Å². The highest BCUT2D eigenvalue weighted by Crippen LogP contribution is 2.08. The minimum Gasteiger partial charge on any atom is -0.464 e. The molecule has 0 saturated heterocycles. The largest absolute Gasteiger partial charge is 0.464 e. The number of benzene rings is 1. The van der Waals surface area contributed by atoms with Gasteiger partial charge in [0.05, 0.1) is 11.2 Å². The summed E-state index contributed by atoms with van der Waals surface area (Å²) in [6, 6.07) is 8.95. The third kappa shape index (κ3) is 4.46. The number of hydrogen-bond acceptors (Lipinski definition) is 3. The van der Waals surface area contributed by atoms with E-state index in [9.17, 15) is 8.42 Å². The molecule has 1 aromatic carbocycles. The highest BCUT2D eigenvalue weighted by molar-refractivity contribution is 7.94. The second-order valence-corrected chi connectivity index (χ2v) is 4.75. The van der Waals surface area contributed by atoms with E-state index in [4.69, 9.17) is 4.74 Å². The van der Waals surface area contributed by atoms with Crippen LogP contribution < -0.4 is 4.74 Å². The maximum absolute atomic E-state index is 11.2. The zero-order valence-corrected chi connectivity index (χ0v) is 8.98. The quantitative estimate of drug-likeness (QED) is 0.568. The number of hydrogen-bond donors (Lipinski definition) is 0. The number of ether oxygens (including phenoxy) is 1. The van der Waals surface area contributed by atoms with Crippen LogP contribution in [0.25, 0.3) is 0 Å². The molecule has 0 saturated carbocycles. The molecule has 0 heterocycles. The summed E-state index contributed by atoms with van der Waals surface area (Å²) in [7, 11) is -3.23. The van der Waals surface area contributed by atoms with Gasteiger partial charge in [-0.2, -0.15) is 0 Å². The van der Waals surface area contributed by atoms with Gasteiger partial charge in [-0.15, -0.1) is 6.58 Å². The highest BCUT2D eigenvalue weighted by Gasteiger charge is 2.01. The smallest absolute Gasteiger partial charge is 0.178 e. The van der Waals surface area contributed by atoms with E-state index in [0.29, 0.717) is 5.75 Å². The number of para-hydroxylation sites is 1. The van der Waals surface area contributed by atoms with Gasteiger partial charge < -0.3 is 4.74 Å². The Balaban J connectivity index is 2.58. The van der Waals surface area contributed by atoms with Crippen molar-refractivity contribution in [2.75, 3.05) is 5.75 Å². The summed E-state index contributed by atoms with van der Waals surface area (Å²) in [5.41, 5.74) is 0. The van der Waals surface area contributed by atoms with Crippen LogP contribution in [0.4, 0.5) is 0 Å². The van der Waals surface area contributed by atoms with Gasteiger partial charge in [0, 0.05) is 0 Å². The van der Waals surface area contributed by atoms with Crippen LogP contribution in [0.5, 0.6) is 5.75 Å². The first-order valence-electron chi connectivity index (χ1n) is 4.36. The first-order valence-corrected chi connectivity index (χ1v) is 6.07. The summed E-state index contributed by atoms with van der Waals surface area (Å²) in [6.45, 7) is 3.36. The van der Waals surface area contributed by atoms with Crippen LogP contribution in [-0.4, -0.2) is 14.2 Å². The van der Waals surface area contributed by atoms with Crippen molar-refractivity contribution in [1.29, 1.82) is 0 Å². The summed E-state index contributed by atoms with van der Waals surface area (Å²) in [6.07, 6.45) is 2.50. The molecule has 0 aromatic heterocycles. The molecule has 0 fully saturated rings. The molecule has 0 aliphatic heterocycles. The minimum atomic E-state index is -3.23. The Morgan fingerprint density at radius 2 is 1.93 bits per heavy atom. The lowest BCUT2D eigenvalue weighted by Gasteiger charge is -1.98. The third-order valence-corrected chi connectivity index (χ3v) is 2.79. The van der Waals surface area contributed by atoms with Crippen LogP contribution in [0, 0.1) is 0 Å². The summed E-state index contributed by atoms with van der Waals surface area (Å²) in [5, 5.41) is 1.03. The fraction of sp³-hybridized carbons (Fsp3) is 0.0909. The van der Waals surface area contributed by atoms with Crippen molar-refractivity contribution in [3.63, 3.8) is 0 Å². The van der Waals surface area contributed by atoms with Gasteiger partial charge in [0.2, 0.25) is 0 Å². The molecular formula is C11H12O3S. The minimum absolute atomic E-state index is 0.0817. The van der Waals surface area contributed by atoms with Crippen molar-refractivity contribution >= 4 is 9.84 Å². The molecule has 4 heteroatoms. The van der Waals surface area contributed by atoms with Crippen molar-refractivity contribution in [3.8, 4) is 5.75 Å². The molecule has 0 bridgehead atoms. The molecule has 80 valence electrons. The van der Waals surface area contributed by atoms with Gasteiger partial charge in [0.1, 0.15) is 12.0 Å². The van der Waals surface area contributed by atoms with E-state index in [2.05, 4.69) is 6.58 Å². The molecule has 0 amide bonds. The van der Waals surface area contributed by atoms with Crippen molar-refractivity contribution in [2.24, 2.45) is 0 Å². The van der Waals surface area contributed by atoms with Crippen LogP contribution in [-0.2, 0) is 9.84 Å². The Kier molecular flexibility index (Phi) is 4.12. The van der Waals surface area contributed by atoms with Gasteiger partial charge in [0.25, 0.3) is 0 Å². The van der Waals surface area contributed by atoms with Crippen LogP contribution >= 0.6 is 0 Å². The van der Waals surface area contributed by atoms with Crippen molar-refractivity contribution < 1.29 is 13.2 Å². The van der Waals surface area contributed by atoms with Gasteiger partial charge in [-0.05, 0) is 12.1 Å². The Bertz CT molecular complexity index is 432. The SMILES string of the molecule is C=CCS(=O)(=O)/C=C/Oc1ccccc1. The fourth-order valence-electron chi connectivity index (χ4n) is 0.910. The number of rotatable bonds is 5. The summed E-state index contributed by atoms with van der Waals surface area (Å²) in [4.78, 5) is 0. The maximum Gasteiger partial charge on any atom is 0.178 e. The average molecular weight is 224 g/mol. The van der Waals surface area contributed by atoms with Gasteiger partial charge in [0.15, 0.2) is 9.84 Å². The molecular weight excluding hydrogens is 212 g/mol. The molecule has 0 spiro atoms. The Hall–Kier alpha value is -1.55. The molecule has 0 aliphatic carbocycles. The van der Waals surface area contributed by atoms with E-state index in [1.807, 2.05) is 6.07 Å². The zero-order chi connectivity index (χ0) is 11.1. The van der Waals surface area contributed by atoms with E-state index in [1.54, 1.807) is 24.3 Å². The van der Waals surface area contributed by atoms with E-state index in [-0.39, 0.29) is 5.75 Å². The normalized spacial score (nSPS) is 11.5. The van der Waals surface area contributed by atoms with Crippen LogP contribution in [0.1, 0.15) is 0 Å². The molecule has 0 radical (unpaired) electrons. The van der Waals surface area contributed by atoms with Gasteiger partial charge >= 0.3 is 0 Å². The van der Waals surface area contributed by atoms with E-state index < -0.39 is 9.84 Å². The molecule has 0 aliphatic rings. The molecule has 1 rings (SSSR count). The first kappa shape index (κ1) is 11.5. The molecule has 0 unspecified atom stereocenters. The predicted molar refractivity (Wildman–Crippen MR) is 60.2 cm³/mol. The standard InChI is InChI=1S/C11H12O3S/c1-2-9-15(12,13)10-8-14-11-6-4-3-5-7-11/h2-8,10H,1,9H2/b10-8+. The Morgan fingerprint density at radius 3 is 2.53 bits per heavy atom. The van der Waals surface area contributed by atoms with Gasteiger partial charge in [-0.25, -0.2) is 8.42 Å². The van der Waals surface area contributed by atoms with Crippen LogP contribution in [0.15, 0.2) is 54.7 Å². The fourth-order valence-corrected chi connectivity index (χ4v) is 1.57. The lowest BCUT2D eigenvalue weighted by Crippen LogP contribution is -1.99. The second kappa shape index (κ2) is 5.36. The van der Waals surface area contributed by atoms with Gasteiger partial charge in [-0.1, -0.05) is 24.3 Å². The average Bonchev–Trinajstić information content (AvgIpc) is 2.19. The Labute approximate surface area is 89.6 Å². The van der Waals surface area contributed by atoms with E-state index in [0.717, 1.165) is 11.7 Å². The number of sulfone groups is 1. The summed E-state index contributed by atoms with van der Waals surface area (Å²) in [5.74, 6) is 0.518. The third-order valence-electron chi connectivity index (χ3n) is 1.56. The topological polar surface area (TPSA) is 43.4 Å². The van der Waals surface area contributed by atoms with E-state index in [1.165, 1.54) is 6.08 Å². The first-order chi connectivity index (χ1) is 7.14. The van der Waals surface area contributed by atoms with Crippen molar-refractivity contribution in [1.82, 2.24) is 0 Å². The van der Waals surface area contributed by atoms with Crippen LogP contribution in [0.3, 0.4) is 0 Å². The Morgan fingerprint density at radius 1 is 1.27 bits per heavy atom. The van der Waals surface area contributed by atoms with Gasteiger partial charge in [-0.3, -0.25) is 0 Å². The molecule has 15 heavy (non-hydrogen) atoms. The lowest BCUT2D eigenvalue weighted by atomic mass is 10.3. The summed E-state index contributed by atoms with van der Waals surface area (Å²) >= 11 is 0. The van der Waals surface area contributed by atoms with E-state index >= 15 is 0 Å². The molecule has 3 nitrogen and oxygen atoms in total. The highest BCUT2D eigenvalue weighted by atomic mass is 32.2. The predicted octanol–water partition coefficient (Wildman–Crippen LogP) is 2.14. The second-order valence-electron chi connectivity index (χ2n) is 2.82. The molecule has 1 aromatic rings. The summed E-state index contributed by atoms with van der Waals surface area (Å²) < 4.78 is 27.5. The lowest BCUT2D eigenvalue weighted by molar-refractivity contribution is 0.481. The zero-order valence-electron chi connectivity index (χ0n) is 8.17. The molecule has 0 atom stereocenters. The van der Waals surface area contributed by atoms with Crippen molar-refractivity contribution in [3.05, 3.63) is 54.7 Å².